The van der Waals surface area contributed by atoms with E-state index in [1.807, 2.05) is 12.3 Å². The number of aromatic amines is 1. The van der Waals surface area contributed by atoms with Crippen LogP contribution in [0.4, 0.5) is 0 Å². The standard InChI is InChI=1S/C11H11NO2S/c1-2-15-10-6-7(11(13)14)5-9-8(10)3-4-12-9/h3-6,12H,2H2,1H3,(H,13,14). The number of hydrogen-bond donors (Lipinski definition) is 2. The Balaban J connectivity index is 2.63. The molecule has 1 aromatic carbocycles. The molecule has 0 fully saturated rings. The molecule has 0 atom stereocenters. The maximum Gasteiger partial charge on any atom is 0.335 e. The molecule has 0 unspecified atom stereocenters. The minimum absolute atomic E-state index is 0.334. The van der Waals surface area contributed by atoms with Crippen LogP contribution in [0.15, 0.2) is 29.3 Å². The lowest BCUT2D eigenvalue weighted by molar-refractivity contribution is 0.0697. The first-order valence-corrected chi connectivity index (χ1v) is 5.68. The molecule has 2 rings (SSSR count). The summed E-state index contributed by atoms with van der Waals surface area (Å²) in [5, 5.41) is 10.0. The van der Waals surface area contributed by atoms with Crippen LogP contribution in [0, 0.1) is 0 Å². The van der Waals surface area contributed by atoms with Gasteiger partial charge in [-0.3, -0.25) is 0 Å². The van der Waals surface area contributed by atoms with E-state index in [1.165, 1.54) is 0 Å². The summed E-state index contributed by atoms with van der Waals surface area (Å²) in [5.41, 5.74) is 1.21. The lowest BCUT2D eigenvalue weighted by Crippen LogP contribution is -1.96. The highest BCUT2D eigenvalue weighted by Crippen LogP contribution is 2.28. The van der Waals surface area contributed by atoms with Crippen LogP contribution >= 0.6 is 11.8 Å². The van der Waals surface area contributed by atoms with Crippen LogP contribution in [0.1, 0.15) is 17.3 Å². The van der Waals surface area contributed by atoms with E-state index in [-0.39, 0.29) is 0 Å². The Morgan fingerprint density at radius 3 is 3.00 bits per heavy atom. The van der Waals surface area contributed by atoms with E-state index in [9.17, 15) is 4.79 Å². The smallest absolute Gasteiger partial charge is 0.335 e. The van der Waals surface area contributed by atoms with Crippen molar-refractivity contribution in [2.45, 2.75) is 11.8 Å². The second-order valence-electron chi connectivity index (χ2n) is 3.15. The van der Waals surface area contributed by atoms with E-state index in [1.54, 1.807) is 23.9 Å². The monoisotopic (exact) mass is 221 g/mol. The molecule has 0 saturated heterocycles. The number of H-pyrrole nitrogens is 1. The van der Waals surface area contributed by atoms with Crippen LogP contribution in [0.5, 0.6) is 0 Å². The van der Waals surface area contributed by atoms with Gasteiger partial charge in [0.15, 0.2) is 0 Å². The number of carboxylic acids is 1. The minimum atomic E-state index is -0.885. The van der Waals surface area contributed by atoms with Gasteiger partial charge in [-0.05, 0) is 24.0 Å². The molecule has 15 heavy (non-hydrogen) atoms. The van der Waals surface area contributed by atoms with Crippen molar-refractivity contribution < 1.29 is 9.90 Å². The number of aromatic nitrogens is 1. The zero-order chi connectivity index (χ0) is 10.8. The second-order valence-corrected chi connectivity index (χ2v) is 4.46. The number of fused-ring (bicyclic) bond motifs is 1. The predicted octanol–water partition coefficient (Wildman–Crippen LogP) is 2.98. The van der Waals surface area contributed by atoms with Crippen molar-refractivity contribution in [1.82, 2.24) is 4.98 Å². The molecule has 4 heteroatoms. The van der Waals surface area contributed by atoms with Gasteiger partial charge < -0.3 is 10.1 Å². The Morgan fingerprint density at radius 1 is 1.53 bits per heavy atom. The minimum Gasteiger partial charge on any atom is -0.478 e. The van der Waals surface area contributed by atoms with Crippen molar-refractivity contribution in [1.29, 1.82) is 0 Å². The molecule has 0 aliphatic rings. The van der Waals surface area contributed by atoms with Crippen molar-refractivity contribution in [3.05, 3.63) is 30.0 Å². The Labute approximate surface area is 91.5 Å². The zero-order valence-electron chi connectivity index (χ0n) is 8.28. The van der Waals surface area contributed by atoms with Gasteiger partial charge in [0.2, 0.25) is 0 Å². The summed E-state index contributed by atoms with van der Waals surface area (Å²) < 4.78 is 0. The molecule has 0 aliphatic carbocycles. The second kappa shape index (κ2) is 3.98. The quantitative estimate of drug-likeness (QED) is 0.783. The van der Waals surface area contributed by atoms with Gasteiger partial charge in [0.1, 0.15) is 0 Å². The van der Waals surface area contributed by atoms with Crippen molar-refractivity contribution in [3.63, 3.8) is 0 Å². The van der Waals surface area contributed by atoms with Gasteiger partial charge in [0, 0.05) is 22.0 Å². The molecule has 2 N–H and O–H groups in total. The van der Waals surface area contributed by atoms with E-state index in [0.29, 0.717) is 5.56 Å². The van der Waals surface area contributed by atoms with Crippen LogP contribution in [0.25, 0.3) is 10.9 Å². The number of nitrogens with one attached hydrogen (secondary N) is 1. The molecular formula is C11H11NO2S. The first-order chi connectivity index (χ1) is 7.22. The molecule has 0 radical (unpaired) electrons. The molecule has 0 spiro atoms. The molecule has 0 saturated carbocycles. The molecule has 0 bridgehead atoms. The molecular weight excluding hydrogens is 210 g/mol. The summed E-state index contributed by atoms with van der Waals surface area (Å²) >= 11 is 1.66. The third-order valence-corrected chi connectivity index (χ3v) is 3.12. The Kier molecular flexibility index (Phi) is 2.68. The Morgan fingerprint density at radius 2 is 2.33 bits per heavy atom. The first-order valence-electron chi connectivity index (χ1n) is 4.69. The van der Waals surface area contributed by atoms with Gasteiger partial charge in [-0.25, -0.2) is 4.79 Å². The summed E-state index contributed by atoms with van der Waals surface area (Å²) in [6.45, 7) is 2.05. The van der Waals surface area contributed by atoms with Crippen molar-refractivity contribution in [2.24, 2.45) is 0 Å². The van der Waals surface area contributed by atoms with Crippen LogP contribution in [-0.2, 0) is 0 Å². The molecule has 1 heterocycles. The van der Waals surface area contributed by atoms with Crippen molar-refractivity contribution in [2.75, 3.05) is 5.75 Å². The lowest BCUT2D eigenvalue weighted by atomic mass is 10.1. The average molecular weight is 221 g/mol. The number of rotatable bonds is 3. The molecule has 0 aliphatic heterocycles. The third kappa shape index (κ3) is 1.85. The van der Waals surface area contributed by atoms with E-state index >= 15 is 0 Å². The van der Waals surface area contributed by atoms with Gasteiger partial charge in [-0.1, -0.05) is 6.92 Å². The van der Waals surface area contributed by atoms with E-state index < -0.39 is 5.97 Å². The van der Waals surface area contributed by atoms with Crippen LogP contribution in [0.2, 0.25) is 0 Å². The number of aromatic carboxylic acids is 1. The fourth-order valence-corrected chi connectivity index (χ4v) is 2.39. The lowest BCUT2D eigenvalue weighted by Gasteiger charge is -2.03. The van der Waals surface area contributed by atoms with E-state index in [2.05, 4.69) is 11.9 Å². The third-order valence-electron chi connectivity index (χ3n) is 2.18. The van der Waals surface area contributed by atoms with Gasteiger partial charge >= 0.3 is 5.97 Å². The van der Waals surface area contributed by atoms with E-state index in [4.69, 9.17) is 5.11 Å². The average Bonchev–Trinajstić information content (AvgIpc) is 2.65. The highest BCUT2D eigenvalue weighted by Gasteiger charge is 2.09. The maximum atomic E-state index is 10.9. The normalized spacial score (nSPS) is 10.7. The SMILES string of the molecule is CCSc1cc(C(=O)O)cc2[nH]ccc12. The van der Waals surface area contributed by atoms with Crippen LogP contribution in [0.3, 0.4) is 0 Å². The van der Waals surface area contributed by atoms with Gasteiger partial charge in [0.05, 0.1) is 5.56 Å². The highest BCUT2D eigenvalue weighted by atomic mass is 32.2. The van der Waals surface area contributed by atoms with Gasteiger partial charge in [-0.15, -0.1) is 11.8 Å². The first kappa shape index (κ1) is 10.1. The molecule has 0 amide bonds. The highest BCUT2D eigenvalue weighted by molar-refractivity contribution is 7.99. The number of thioether (sulfide) groups is 1. The number of hydrogen-bond acceptors (Lipinski definition) is 2. The van der Waals surface area contributed by atoms with Gasteiger partial charge in [-0.2, -0.15) is 0 Å². The van der Waals surface area contributed by atoms with Gasteiger partial charge in [0.25, 0.3) is 0 Å². The van der Waals surface area contributed by atoms with Crippen LogP contribution in [-0.4, -0.2) is 21.8 Å². The zero-order valence-corrected chi connectivity index (χ0v) is 9.10. The predicted molar refractivity (Wildman–Crippen MR) is 61.7 cm³/mol. The summed E-state index contributed by atoms with van der Waals surface area (Å²) in [4.78, 5) is 15.0. The number of benzene rings is 1. The van der Waals surface area contributed by atoms with Crippen molar-refractivity contribution >= 4 is 28.6 Å². The fourth-order valence-electron chi connectivity index (χ4n) is 1.53. The maximum absolute atomic E-state index is 10.9. The Bertz CT molecular complexity index is 504. The topological polar surface area (TPSA) is 53.1 Å². The number of carbonyl (C=O) groups is 1. The fraction of sp³-hybridized carbons (Fsp3) is 0.182. The van der Waals surface area contributed by atoms with Crippen molar-refractivity contribution in [3.8, 4) is 0 Å². The summed E-state index contributed by atoms with van der Waals surface area (Å²) in [5.74, 6) is 0.0491. The number of carboxylic acid groups (broad SMARTS) is 1. The largest absolute Gasteiger partial charge is 0.478 e. The van der Waals surface area contributed by atoms with Crippen LogP contribution < -0.4 is 0 Å². The molecule has 1 aromatic heterocycles. The van der Waals surface area contributed by atoms with E-state index in [0.717, 1.165) is 21.6 Å². The molecule has 78 valence electrons. The Hall–Kier alpha value is -1.42. The molecule has 3 nitrogen and oxygen atoms in total. The summed E-state index contributed by atoms with van der Waals surface area (Å²) in [6.07, 6.45) is 1.83. The summed E-state index contributed by atoms with van der Waals surface area (Å²) in [7, 11) is 0. The summed E-state index contributed by atoms with van der Waals surface area (Å²) in [6, 6.07) is 5.36. The molecule has 2 aromatic rings.